The van der Waals surface area contributed by atoms with Crippen LogP contribution in [0.25, 0.3) is 11.3 Å². The number of nitrogens with one attached hydrogen (secondary N) is 1. The number of carbonyl (C=O) groups excluding carboxylic acids is 1. The van der Waals surface area contributed by atoms with Gasteiger partial charge in [-0.05, 0) is 36.2 Å². The van der Waals surface area contributed by atoms with E-state index < -0.39 is 0 Å². The van der Waals surface area contributed by atoms with Crippen molar-refractivity contribution >= 4 is 23.2 Å². The lowest BCUT2D eigenvalue weighted by atomic mass is 10.1. The van der Waals surface area contributed by atoms with E-state index >= 15 is 0 Å². The molecule has 1 amide bonds. The Morgan fingerprint density at radius 2 is 2.00 bits per heavy atom. The van der Waals surface area contributed by atoms with Gasteiger partial charge in [0.25, 0.3) is 5.91 Å². The summed E-state index contributed by atoms with van der Waals surface area (Å²) in [5.41, 5.74) is 4.27. The summed E-state index contributed by atoms with van der Waals surface area (Å²) in [7, 11) is 0. The van der Waals surface area contributed by atoms with Crippen LogP contribution in [0.15, 0.2) is 54.6 Å². The zero-order valence-electron chi connectivity index (χ0n) is 12.3. The molecule has 0 saturated carbocycles. The molecule has 0 atom stereocenters. The number of carbonyl (C=O) groups is 1. The van der Waals surface area contributed by atoms with E-state index in [1.54, 1.807) is 11.0 Å². The van der Waals surface area contributed by atoms with Crippen LogP contribution in [0.5, 0.6) is 0 Å². The minimum absolute atomic E-state index is 0.0595. The predicted octanol–water partition coefficient (Wildman–Crippen LogP) is 3.93. The van der Waals surface area contributed by atoms with Crippen LogP contribution in [-0.2, 0) is 6.42 Å². The highest BCUT2D eigenvalue weighted by molar-refractivity contribution is 6.30. The molecule has 23 heavy (non-hydrogen) atoms. The fourth-order valence-electron chi connectivity index (χ4n) is 2.92. The van der Waals surface area contributed by atoms with Crippen LogP contribution < -0.4 is 4.90 Å². The maximum absolute atomic E-state index is 12.7. The van der Waals surface area contributed by atoms with E-state index in [-0.39, 0.29) is 5.91 Å². The van der Waals surface area contributed by atoms with Crippen molar-refractivity contribution in [3.8, 4) is 11.3 Å². The van der Waals surface area contributed by atoms with Gasteiger partial charge in [0.2, 0.25) is 0 Å². The summed E-state index contributed by atoms with van der Waals surface area (Å²) in [6, 6.07) is 17.2. The van der Waals surface area contributed by atoms with Gasteiger partial charge in [0.1, 0.15) is 5.69 Å². The monoisotopic (exact) mass is 323 g/mol. The number of rotatable bonds is 2. The quantitative estimate of drug-likeness (QED) is 0.776. The smallest absolute Gasteiger partial charge is 0.276 e. The molecule has 2 aromatic carbocycles. The Morgan fingerprint density at radius 1 is 1.13 bits per heavy atom. The number of hydrogen-bond acceptors (Lipinski definition) is 2. The molecule has 1 aliphatic rings. The van der Waals surface area contributed by atoms with Gasteiger partial charge < -0.3 is 4.90 Å². The van der Waals surface area contributed by atoms with Crippen LogP contribution in [-0.4, -0.2) is 22.6 Å². The van der Waals surface area contributed by atoms with E-state index in [1.165, 1.54) is 5.56 Å². The molecule has 0 aliphatic carbocycles. The van der Waals surface area contributed by atoms with Crippen LogP contribution in [0, 0.1) is 0 Å². The van der Waals surface area contributed by atoms with Gasteiger partial charge in [-0.3, -0.25) is 9.89 Å². The van der Waals surface area contributed by atoms with E-state index in [0.29, 0.717) is 23.0 Å². The maximum Gasteiger partial charge on any atom is 0.276 e. The standard InChI is InChI=1S/C18H14ClN3O/c19-14-6-3-5-13(10-14)15-11-16(21-20-15)18(23)22-9-8-12-4-1-2-7-17(12)22/h1-7,10-11H,8-9H2,(H,20,21). The highest BCUT2D eigenvalue weighted by atomic mass is 35.5. The predicted molar refractivity (Wildman–Crippen MR) is 90.9 cm³/mol. The third-order valence-corrected chi connectivity index (χ3v) is 4.30. The fourth-order valence-corrected chi connectivity index (χ4v) is 3.11. The largest absolute Gasteiger partial charge is 0.306 e. The lowest BCUT2D eigenvalue weighted by Gasteiger charge is -2.15. The molecule has 3 aromatic rings. The fraction of sp³-hybridized carbons (Fsp3) is 0.111. The Kier molecular flexibility index (Phi) is 3.39. The second kappa shape index (κ2) is 5.56. The van der Waals surface area contributed by atoms with E-state index in [9.17, 15) is 4.79 Å². The second-order valence-corrected chi connectivity index (χ2v) is 5.95. The zero-order valence-corrected chi connectivity index (χ0v) is 13.0. The number of halogens is 1. The molecular weight excluding hydrogens is 310 g/mol. The van der Waals surface area contributed by atoms with Crippen LogP contribution >= 0.6 is 11.6 Å². The Labute approximate surface area is 138 Å². The van der Waals surface area contributed by atoms with Crippen molar-refractivity contribution in [2.45, 2.75) is 6.42 Å². The third-order valence-electron chi connectivity index (χ3n) is 4.06. The number of amides is 1. The van der Waals surface area contributed by atoms with E-state index in [4.69, 9.17) is 11.6 Å². The lowest BCUT2D eigenvalue weighted by Crippen LogP contribution is -2.29. The molecule has 0 bridgehead atoms. The zero-order chi connectivity index (χ0) is 15.8. The van der Waals surface area contributed by atoms with Crippen LogP contribution in [0.1, 0.15) is 16.1 Å². The number of fused-ring (bicyclic) bond motifs is 1. The highest BCUT2D eigenvalue weighted by Crippen LogP contribution is 2.29. The summed E-state index contributed by atoms with van der Waals surface area (Å²) < 4.78 is 0. The number of hydrogen-bond donors (Lipinski definition) is 1. The number of benzene rings is 2. The summed E-state index contributed by atoms with van der Waals surface area (Å²) in [6.45, 7) is 0.698. The van der Waals surface area contributed by atoms with Crippen molar-refractivity contribution < 1.29 is 4.79 Å². The summed E-state index contributed by atoms with van der Waals surface area (Å²) in [4.78, 5) is 14.5. The maximum atomic E-state index is 12.7. The molecule has 0 unspecified atom stereocenters. The first-order valence-corrected chi connectivity index (χ1v) is 7.81. The summed E-state index contributed by atoms with van der Waals surface area (Å²) in [6.07, 6.45) is 0.886. The molecule has 1 aliphatic heterocycles. The van der Waals surface area contributed by atoms with E-state index in [0.717, 1.165) is 17.7 Å². The lowest BCUT2D eigenvalue weighted by molar-refractivity contribution is 0.0984. The van der Waals surface area contributed by atoms with Crippen LogP contribution in [0.4, 0.5) is 5.69 Å². The number of H-pyrrole nitrogens is 1. The van der Waals surface area contributed by atoms with Crippen molar-refractivity contribution in [2.75, 3.05) is 11.4 Å². The highest BCUT2D eigenvalue weighted by Gasteiger charge is 2.26. The molecule has 4 rings (SSSR count). The molecule has 2 heterocycles. The Morgan fingerprint density at radius 3 is 2.87 bits per heavy atom. The van der Waals surface area contributed by atoms with Crippen molar-refractivity contribution in [2.24, 2.45) is 0 Å². The van der Waals surface area contributed by atoms with Crippen molar-refractivity contribution in [3.63, 3.8) is 0 Å². The topological polar surface area (TPSA) is 49.0 Å². The molecule has 0 spiro atoms. The average molecular weight is 324 g/mol. The summed E-state index contributed by atoms with van der Waals surface area (Å²) in [5, 5.41) is 7.74. The first kappa shape index (κ1) is 14.0. The number of nitrogens with zero attached hydrogens (tertiary/aromatic N) is 2. The third kappa shape index (κ3) is 2.51. The van der Waals surface area contributed by atoms with Crippen LogP contribution in [0.3, 0.4) is 0 Å². The molecule has 1 aromatic heterocycles. The number of aromatic nitrogens is 2. The van der Waals surface area contributed by atoms with Crippen molar-refractivity contribution in [1.82, 2.24) is 10.2 Å². The Bertz CT molecular complexity index is 887. The average Bonchev–Trinajstić information content (AvgIpc) is 3.22. The second-order valence-electron chi connectivity index (χ2n) is 5.51. The SMILES string of the molecule is O=C(c1cc(-c2cccc(Cl)c2)n[nH]1)N1CCc2ccccc21. The molecule has 5 heteroatoms. The molecule has 4 nitrogen and oxygen atoms in total. The molecule has 114 valence electrons. The van der Waals surface area contributed by atoms with E-state index in [1.807, 2.05) is 42.5 Å². The molecule has 0 saturated heterocycles. The van der Waals surface area contributed by atoms with Gasteiger partial charge in [0.05, 0.1) is 5.69 Å². The van der Waals surface area contributed by atoms with Gasteiger partial charge >= 0.3 is 0 Å². The Balaban J connectivity index is 1.64. The first-order valence-electron chi connectivity index (χ1n) is 7.43. The first-order chi connectivity index (χ1) is 11.2. The Hall–Kier alpha value is -2.59. The van der Waals surface area contributed by atoms with Gasteiger partial charge in [-0.1, -0.05) is 41.9 Å². The minimum Gasteiger partial charge on any atom is -0.306 e. The van der Waals surface area contributed by atoms with Gasteiger partial charge in [-0.25, -0.2) is 0 Å². The number of anilines is 1. The van der Waals surface area contributed by atoms with Gasteiger partial charge in [-0.2, -0.15) is 5.10 Å². The molecular formula is C18H14ClN3O. The van der Waals surface area contributed by atoms with Crippen molar-refractivity contribution in [3.05, 3.63) is 70.9 Å². The molecule has 0 radical (unpaired) electrons. The van der Waals surface area contributed by atoms with Crippen LogP contribution in [0.2, 0.25) is 5.02 Å². The van der Waals surface area contributed by atoms with Crippen molar-refractivity contribution in [1.29, 1.82) is 0 Å². The van der Waals surface area contributed by atoms with Gasteiger partial charge in [-0.15, -0.1) is 0 Å². The number of para-hydroxylation sites is 1. The number of aromatic amines is 1. The summed E-state index contributed by atoms with van der Waals surface area (Å²) in [5.74, 6) is -0.0595. The molecule has 1 N–H and O–H groups in total. The van der Waals surface area contributed by atoms with Gasteiger partial charge in [0, 0.05) is 22.8 Å². The summed E-state index contributed by atoms with van der Waals surface area (Å²) >= 11 is 6.01. The normalized spacial score (nSPS) is 13.2. The molecule has 0 fully saturated rings. The van der Waals surface area contributed by atoms with Gasteiger partial charge in [0.15, 0.2) is 0 Å². The minimum atomic E-state index is -0.0595. The van der Waals surface area contributed by atoms with E-state index in [2.05, 4.69) is 16.3 Å².